The Morgan fingerprint density at radius 2 is 2.20 bits per heavy atom. The highest BCUT2D eigenvalue weighted by Crippen LogP contribution is 2.28. The van der Waals surface area contributed by atoms with Crippen LogP contribution in [0.5, 0.6) is 5.88 Å². The van der Waals surface area contributed by atoms with Crippen LogP contribution in [0.4, 0.5) is 0 Å². The second-order valence-electron chi connectivity index (χ2n) is 6.19. The van der Waals surface area contributed by atoms with E-state index in [9.17, 15) is 4.79 Å². The van der Waals surface area contributed by atoms with Gasteiger partial charge in [0.15, 0.2) is 0 Å². The van der Waals surface area contributed by atoms with Crippen molar-refractivity contribution >= 4 is 28.8 Å². The molecule has 2 aromatic rings. The van der Waals surface area contributed by atoms with E-state index in [4.69, 9.17) is 16.3 Å². The van der Waals surface area contributed by atoms with Crippen LogP contribution >= 0.6 is 22.9 Å². The minimum atomic E-state index is -0.0911. The summed E-state index contributed by atoms with van der Waals surface area (Å²) in [6.07, 6.45) is 4.94. The summed E-state index contributed by atoms with van der Waals surface area (Å²) in [4.78, 5) is 17.5. The van der Waals surface area contributed by atoms with Gasteiger partial charge in [0.2, 0.25) is 5.88 Å². The maximum absolute atomic E-state index is 12.6. The largest absolute Gasteiger partial charge is 0.481 e. The van der Waals surface area contributed by atoms with Gasteiger partial charge < -0.3 is 15.4 Å². The van der Waals surface area contributed by atoms with Gasteiger partial charge in [-0.25, -0.2) is 4.98 Å². The van der Waals surface area contributed by atoms with E-state index in [-0.39, 0.29) is 11.9 Å². The molecule has 3 rings (SSSR count). The minimum Gasteiger partial charge on any atom is -0.481 e. The van der Waals surface area contributed by atoms with E-state index >= 15 is 0 Å². The molecule has 25 heavy (non-hydrogen) atoms. The number of halogens is 1. The van der Waals surface area contributed by atoms with E-state index in [0.717, 1.165) is 37.9 Å². The Morgan fingerprint density at radius 3 is 2.80 bits per heavy atom. The van der Waals surface area contributed by atoms with Crippen LogP contribution < -0.4 is 15.4 Å². The maximum Gasteiger partial charge on any atom is 0.261 e. The third-order valence-corrected chi connectivity index (χ3v) is 5.73. The molecule has 0 aromatic carbocycles. The quantitative estimate of drug-likeness (QED) is 0.803. The smallest absolute Gasteiger partial charge is 0.261 e. The molecule has 0 aliphatic carbocycles. The lowest BCUT2D eigenvalue weighted by atomic mass is 9.88. The molecule has 1 fully saturated rings. The molecule has 1 atom stereocenters. The van der Waals surface area contributed by atoms with Gasteiger partial charge in [-0.05, 0) is 56.0 Å². The Hall–Kier alpha value is -1.63. The highest BCUT2D eigenvalue weighted by molar-refractivity contribution is 7.17. The van der Waals surface area contributed by atoms with Gasteiger partial charge in [0.05, 0.1) is 22.4 Å². The molecule has 2 aromatic heterocycles. The van der Waals surface area contributed by atoms with E-state index in [1.165, 1.54) is 11.3 Å². The van der Waals surface area contributed by atoms with Crippen molar-refractivity contribution in [2.75, 3.05) is 20.2 Å². The van der Waals surface area contributed by atoms with Crippen LogP contribution in [0.15, 0.2) is 30.5 Å². The minimum absolute atomic E-state index is 0.0742. The van der Waals surface area contributed by atoms with Gasteiger partial charge in [-0.1, -0.05) is 17.7 Å². The molecule has 1 aliphatic heterocycles. The van der Waals surface area contributed by atoms with Gasteiger partial charge in [-0.15, -0.1) is 11.3 Å². The number of amides is 1. The molecule has 5 nitrogen and oxygen atoms in total. The number of rotatable bonds is 6. The number of pyridine rings is 1. The fourth-order valence-electron chi connectivity index (χ4n) is 3.11. The number of thiophene rings is 1. The first-order chi connectivity index (χ1) is 12.2. The normalized spacial score (nSPS) is 16.4. The Bertz CT molecular complexity index is 699. The third-order valence-electron chi connectivity index (χ3n) is 4.50. The van der Waals surface area contributed by atoms with Crippen molar-refractivity contribution < 1.29 is 9.53 Å². The molecule has 0 radical (unpaired) electrons. The number of methoxy groups -OCH3 is 1. The monoisotopic (exact) mass is 379 g/mol. The zero-order valence-electron chi connectivity index (χ0n) is 14.1. The zero-order chi connectivity index (χ0) is 17.6. The van der Waals surface area contributed by atoms with Crippen molar-refractivity contribution in [1.29, 1.82) is 0 Å². The molecule has 3 heterocycles. The van der Waals surface area contributed by atoms with E-state index in [1.807, 2.05) is 12.1 Å². The number of nitrogens with zero attached hydrogens (tertiary/aromatic N) is 1. The number of carbonyl (C=O) groups excluding carboxylic acids is 1. The van der Waals surface area contributed by atoms with Crippen LogP contribution in [0, 0.1) is 5.92 Å². The van der Waals surface area contributed by atoms with Gasteiger partial charge in [0.1, 0.15) is 0 Å². The second-order valence-corrected chi connectivity index (χ2v) is 7.91. The number of aromatic nitrogens is 1. The van der Waals surface area contributed by atoms with E-state index in [2.05, 4.69) is 15.6 Å². The first-order valence-corrected chi connectivity index (χ1v) is 9.62. The molecule has 1 amide bonds. The second kappa shape index (κ2) is 8.65. The molecule has 1 aliphatic rings. The fourth-order valence-corrected chi connectivity index (χ4v) is 4.06. The summed E-state index contributed by atoms with van der Waals surface area (Å²) in [5.74, 6) is 1.06. The van der Waals surface area contributed by atoms with Crippen molar-refractivity contribution in [3.05, 3.63) is 45.2 Å². The van der Waals surface area contributed by atoms with Crippen molar-refractivity contribution in [1.82, 2.24) is 15.6 Å². The summed E-state index contributed by atoms with van der Waals surface area (Å²) in [5.41, 5.74) is 0.996. The summed E-state index contributed by atoms with van der Waals surface area (Å²) < 4.78 is 5.75. The van der Waals surface area contributed by atoms with Crippen molar-refractivity contribution in [3.8, 4) is 5.88 Å². The first kappa shape index (κ1) is 18.2. The molecule has 134 valence electrons. The van der Waals surface area contributed by atoms with E-state index in [1.54, 1.807) is 25.4 Å². The number of ether oxygens (including phenoxy) is 1. The Labute approximate surface area is 156 Å². The van der Waals surface area contributed by atoms with E-state index < -0.39 is 0 Å². The molecule has 0 unspecified atom stereocenters. The Balaban J connectivity index is 1.75. The summed E-state index contributed by atoms with van der Waals surface area (Å²) in [6, 6.07) is 7.24. The third kappa shape index (κ3) is 4.93. The van der Waals surface area contributed by atoms with Gasteiger partial charge >= 0.3 is 0 Å². The number of hydrogen-bond donors (Lipinski definition) is 2. The Kier molecular flexibility index (Phi) is 6.29. The van der Waals surface area contributed by atoms with Gasteiger partial charge in [-0.3, -0.25) is 4.79 Å². The predicted molar refractivity (Wildman–Crippen MR) is 101 cm³/mol. The van der Waals surface area contributed by atoms with Crippen molar-refractivity contribution in [2.24, 2.45) is 5.92 Å². The molecular weight excluding hydrogens is 358 g/mol. The van der Waals surface area contributed by atoms with Crippen molar-refractivity contribution in [3.63, 3.8) is 0 Å². The maximum atomic E-state index is 12.6. The molecule has 1 saturated heterocycles. The molecule has 2 N–H and O–H groups in total. The molecule has 0 saturated carbocycles. The first-order valence-electron chi connectivity index (χ1n) is 8.42. The van der Waals surface area contributed by atoms with Gasteiger partial charge in [-0.2, -0.15) is 0 Å². The molecular formula is C18H22ClN3O2S. The topological polar surface area (TPSA) is 63.2 Å². The molecule has 7 heteroatoms. The summed E-state index contributed by atoms with van der Waals surface area (Å²) in [5, 5.41) is 6.54. The van der Waals surface area contributed by atoms with Crippen LogP contribution in [-0.2, 0) is 0 Å². The standard InChI is InChI=1S/C18H22ClN3O2S/c1-24-17-5-2-13(11-21-17)14(10-12-6-8-20-9-7-12)22-18(23)15-3-4-16(19)25-15/h2-5,11-12,14,20H,6-10H2,1H3,(H,22,23)/t14-/m0/s1. The highest BCUT2D eigenvalue weighted by Gasteiger charge is 2.23. The van der Waals surface area contributed by atoms with Crippen LogP contribution in [-0.4, -0.2) is 31.1 Å². The summed E-state index contributed by atoms with van der Waals surface area (Å²) >= 11 is 7.25. The number of carbonyl (C=O) groups is 1. The average Bonchev–Trinajstić information content (AvgIpc) is 3.09. The highest BCUT2D eigenvalue weighted by atomic mass is 35.5. The van der Waals surface area contributed by atoms with E-state index in [0.29, 0.717) is 21.0 Å². The molecule has 0 bridgehead atoms. The van der Waals surface area contributed by atoms with Gasteiger partial charge in [0.25, 0.3) is 5.91 Å². The predicted octanol–water partition coefficient (Wildman–Crippen LogP) is 3.67. The lowest BCUT2D eigenvalue weighted by Gasteiger charge is -2.27. The molecule has 0 spiro atoms. The average molecular weight is 380 g/mol. The van der Waals surface area contributed by atoms with Crippen LogP contribution in [0.1, 0.15) is 40.5 Å². The van der Waals surface area contributed by atoms with Crippen LogP contribution in [0.3, 0.4) is 0 Å². The fraction of sp³-hybridized carbons (Fsp3) is 0.444. The number of hydrogen-bond acceptors (Lipinski definition) is 5. The Morgan fingerprint density at radius 1 is 1.40 bits per heavy atom. The van der Waals surface area contributed by atoms with Crippen molar-refractivity contribution in [2.45, 2.75) is 25.3 Å². The van der Waals surface area contributed by atoms with Gasteiger partial charge in [0, 0.05) is 12.3 Å². The lowest BCUT2D eigenvalue weighted by Crippen LogP contribution is -2.33. The lowest BCUT2D eigenvalue weighted by molar-refractivity contribution is 0.0933. The number of nitrogens with one attached hydrogen (secondary N) is 2. The SMILES string of the molecule is COc1ccc([C@H](CC2CCNCC2)NC(=O)c2ccc(Cl)s2)cn1. The summed E-state index contributed by atoms with van der Waals surface area (Å²) in [7, 11) is 1.59. The van der Waals surface area contributed by atoms with Crippen LogP contribution in [0.2, 0.25) is 4.34 Å². The van der Waals surface area contributed by atoms with Crippen LogP contribution in [0.25, 0.3) is 0 Å². The zero-order valence-corrected chi connectivity index (χ0v) is 15.7. The number of piperidine rings is 1. The summed E-state index contributed by atoms with van der Waals surface area (Å²) in [6.45, 7) is 2.07.